The zero-order valence-corrected chi connectivity index (χ0v) is 12.4. The number of carboxylic acids is 1. The third kappa shape index (κ3) is 3.62. The Morgan fingerprint density at radius 2 is 1.78 bits per heavy atom. The van der Waals surface area contributed by atoms with Crippen LogP contribution in [-0.2, 0) is 0 Å². The molecule has 5 heteroatoms. The Kier molecular flexibility index (Phi) is 5.21. The van der Waals surface area contributed by atoms with Crippen molar-refractivity contribution in [3.63, 3.8) is 0 Å². The molecule has 2 rings (SSSR count). The number of hydrogen-bond acceptors (Lipinski definition) is 1. The summed E-state index contributed by atoms with van der Waals surface area (Å²) in [5, 5.41) is 9.12. The molecule has 120 valence electrons. The van der Waals surface area contributed by atoms with Crippen molar-refractivity contribution in [1.82, 2.24) is 0 Å². The number of carbonyl (C=O) groups is 1. The molecule has 0 radical (unpaired) electrons. The van der Waals surface area contributed by atoms with Crippen molar-refractivity contribution in [3.05, 3.63) is 65.2 Å². The van der Waals surface area contributed by atoms with Crippen molar-refractivity contribution < 1.29 is 23.1 Å². The molecule has 0 unspecified atom stereocenters. The second kappa shape index (κ2) is 7.13. The van der Waals surface area contributed by atoms with Gasteiger partial charge in [0.05, 0.1) is 5.56 Å². The van der Waals surface area contributed by atoms with Gasteiger partial charge in [0.1, 0.15) is 5.83 Å². The van der Waals surface area contributed by atoms with Gasteiger partial charge in [-0.1, -0.05) is 37.6 Å². The first kappa shape index (κ1) is 16.8. The first-order valence-corrected chi connectivity index (χ1v) is 7.13. The summed E-state index contributed by atoms with van der Waals surface area (Å²) in [4.78, 5) is 11.2. The summed E-state index contributed by atoms with van der Waals surface area (Å²) >= 11 is 0. The van der Waals surface area contributed by atoms with Crippen LogP contribution in [0.1, 0.15) is 35.7 Å². The van der Waals surface area contributed by atoms with Crippen molar-refractivity contribution in [1.29, 1.82) is 0 Å². The van der Waals surface area contributed by atoms with Crippen LogP contribution in [0.2, 0.25) is 0 Å². The number of unbranched alkanes of at least 4 members (excludes halogenated alkanes) is 1. The Morgan fingerprint density at radius 3 is 2.35 bits per heavy atom. The van der Waals surface area contributed by atoms with Crippen LogP contribution in [0.5, 0.6) is 0 Å². The first-order valence-electron chi connectivity index (χ1n) is 7.13. The molecule has 0 aliphatic rings. The second-order valence-corrected chi connectivity index (χ2v) is 5.01. The highest BCUT2D eigenvalue weighted by Crippen LogP contribution is 2.30. The van der Waals surface area contributed by atoms with E-state index in [0.717, 1.165) is 18.6 Å². The van der Waals surface area contributed by atoms with Gasteiger partial charge in [-0.05, 0) is 30.2 Å². The first-order chi connectivity index (χ1) is 11.0. The summed E-state index contributed by atoms with van der Waals surface area (Å²) in [5.41, 5.74) is -0.219. The Morgan fingerprint density at radius 1 is 1.13 bits per heavy atom. The lowest BCUT2D eigenvalue weighted by Crippen LogP contribution is -2.03. The molecular formula is C18H15F3O2. The maximum Gasteiger partial charge on any atom is 0.336 e. The van der Waals surface area contributed by atoms with Crippen molar-refractivity contribution in [3.8, 4) is 11.1 Å². The predicted octanol–water partition coefficient (Wildman–Crippen LogP) is 5.44. The molecule has 0 saturated heterocycles. The number of halogens is 3. The van der Waals surface area contributed by atoms with Gasteiger partial charge in [0.25, 0.3) is 0 Å². The molecule has 23 heavy (non-hydrogen) atoms. The zero-order chi connectivity index (χ0) is 17.0. The third-order valence-corrected chi connectivity index (χ3v) is 3.39. The maximum atomic E-state index is 14.0. The molecule has 1 N–H and O–H groups in total. The fourth-order valence-electron chi connectivity index (χ4n) is 2.20. The highest BCUT2D eigenvalue weighted by Gasteiger charge is 2.19. The van der Waals surface area contributed by atoms with E-state index >= 15 is 0 Å². The lowest BCUT2D eigenvalue weighted by molar-refractivity contribution is 0.0697. The van der Waals surface area contributed by atoms with Gasteiger partial charge < -0.3 is 5.11 Å². The molecule has 2 nitrogen and oxygen atoms in total. The predicted molar refractivity (Wildman–Crippen MR) is 82.7 cm³/mol. The van der Waals surface area contributed by atoms with Gasteiger partial charge in [0.2, 0.25) is 0 Å². The lowest BCUT2D eigenvalue weighted by Gasteiger charge is -2.09. The molecule has 0 aliphatic heterocycles. The topological polar surface area (TPSA) is 37.3 Å². The van der Waals surface area contributed by atoms with E-state index < -0.39 is 23.4 Å². The molecule has 2 aromatic rings. The van der Waals surface area contributed by atoms with Gasteiger partial charge in [-0.3, -0.25) is 0 Å². The van der Waals surface area contributed by atoms with Crippen LogP contribution in [0.4, 0.5) is 13.2 Å². The van der Waals surface area contributed by atoms with Crippen molar-refractivity contribution in [2.45, 2.75) is 19.8 Å². The Balaban J connectivity index is 2.48. The smallest absolute Gasteiger partial charge is 0.336 e. The van der Waals surface area contributed by atoms with Crippen LogP contribution in [0.15, 0.2) is 42.5 Å². The molecular weight excluding hydrogens is 305 g/mol. The highest BCUT2D eigenvalue weighted by atomic mass is 19.2. The normalized spacial score (nSPS) is 11.6. The highest BCUT2D eigenvalue weighted by molar-refractivity contribution is 5.96. The van der Waals surface area contributed by atoms with Gasteiger partial charge in [-0.15, -0.1) is 0 Å². The molecule has 0 atom stereocenters. The molecule has 0 fully saturated rings. The summed E-state index contributed by atoms with van der Waals surface area (Å²) < 4.78 is 41.3. The van der Waals surface area contributed by atoms with E-state index in [9.17, 15) is 18.0 Å². The average Bonchev–Trinajstić information content (AvgIpc) is 2.55. The zero-order valence-electron chi connectivity index (χ0n) is 12.4. The molecule has 0 heterocycles. The summed E-state index contributed by atoms with van der Waals surface area (Å²) in [6.45, 7) is 1.92. The molecule has 0 bridgehead atoms. The van der Waals surface area contributed by atoms with Gasteiger partial charge in [0, 0.05) is 11.1 Å². The molecule has 2 aromatic carbocycles. The minimum absolute atomic E-state index is 0.173. The van der Waals surface area contributed by atoms with Gasteiger partial charge in [-0.2, -0.15) is 0 Å². The molecule has 0 saturated carbocycles. The Hall–Kier alpha value is -2.56. The minimum atomic E-state index is -1.36. The second-order valence-electron chi connectivity index (χ2n) is 5.01. The standard InChI is InChI=1S/C18H15F3O2/c1-2-3-4-14(19)11-5-7-12(8-6-11)16-13(18(22)23)9-10-15(20)17(16)21/h4-10H,2-3H2,1H3,(H,22,23). The van der Waals surface area contributed by atoms with E-state index in [0.29, 0.717) is 12.0 Å². The number of benzene rings is 2. The minimum Gasteiger partial charge on any atom is -0.478 e. The number of aromatic carboxylic acids is 1. The fraction of sp³-hybridized carbons (Fsp3) is 0.167. The van der Waals surface area contributed by atoms with Crippen LogP contribution < -0.4 is 0 Å². The van der Waals surface area contributed by atoms with Crippen LogP contribution in [0.3, 0.4) is 0 Å². The third-order valence-electron chi connectivity index (χ3n) is 3.39. The van der Waals surface area contributed by atoms with E-state index in [1.807, 2.05) is 6.92 Å². The summed E-state index contributed by atoms with van der Waals surface area (Å²) in [6, 6.07) is 7.34. The van der Waals surface area contributed by atoms with E-state index in [1.165, 1.54) is 30.3 Å². The lowest BCUT2D eigenvalue weighted by atomic mass is 9.97. The molecule has 0 spiro atoms. The number of hydrogen-bond donors (Lipinski definition) is 1. The van der Waals surface area contributed by atoms with E-state index in [-0.39, 0.29) is 16.7 Å². The summed E-state index contributed by atoms with van der Waals surface area (Å²) in [6.07, 6.45) is 2.84. The number of carboxylic acid groups (broad SMARTS) is 1. The van der Waals surface area contributed by atoms with Crippen LogP contribution in [0, 0.1) is 11.6 Å². The van der Waals surface area contributed by atoms with Crippen LogP contribution >= 0.6 is 0 Å². The monoisotopic (exact) mass is 320 g/mol. The van der Waals surface area contributed by atoms with Crippen molar-refractivity contribution >= 4 is 11.8 Å². The van der Waals surface area contributed by atoms with Crippen molar-refractivity contribution in [2.24, 2.45) is 0 Å². The van der Waals surface area contributed by atoms with Gasteiger partial charge >= 0.3 is 5.97 Å². The van der Waals surface area contributed by atoms with Gasteiger partial charge in [-0.25, -0.2) is 18.0 Å². The Labute approximate surface area is 131 Å². The Bertz CT molecular complexity index is 750. The fourth-order valence-corrected chi connectivity index (χ4v) is 2.20. The SMILES string of the molecule is CCCC=C(F)c1ccc(-c2c(C(=O)O)ccc(F)c2F)cc1. The molecule has 0 aliphatic carbocycles. The van der Waals surface area contributed by atoms with E-state index in [4.69, 9.17) is 5.11 Å². The molecule has 0 aromatic heterocycles. The maximum absolute atomic E-state index is 14.0. The number of rotatable bonds is 5. The van der Waals surface area contributed by atoms with Crippen molar-refractivity contribution in [2.75, 3.05) is 0 Å². The average molecular weight is 320 g/mol. The largest absolute Gasteiger partial charge is 0.478 e. The molecule has 0 amide bonds. The number of allylic oxidation sites excluding steroid dienone is 1. The van der Waals surface area contributed by atoms with Crippen LogP contribution in [-0.4, -0.2) is 11.1 Å². The van der Waals surface area contributed by atoms with E-state index in [1.54, 1.807) is 0 Å². The summed E-state index contributed by atoms with van der Waals surface area (Å²) in [7, 11) is 0. The summed E-state index contributed by atoms with van der Waals surface area (Å²) in [5.74, 6) is -4.14. The van der Waals surface area contributed by atoms with Gasteiger partial charge in [0.15, 0.2) is 11.6 Å². The quantitative estimate of drug-likeness (QED) is 0.796. The van der Waals surface area contributed by atoms with Crippen LogP contribution in [0.25, 0.3) is 17.0 Å². The van der Waals surface area contributed by atoms with E-state index in [2.05, 4.69) is 0 Å².